The van der Waals surface area contributed by atoms with E-state index in [2.05, 4.69) is 15.0 Å². The summed E-state index contributed by atoms with van der Waals surface area (Å²) in [5.41, 5.74) is 4.92. The van der Waals surface area contributed by atoms with Gasteiger partial charge < -0.3 is 30.1 Å². The maximum Gasteiger partial charge on any atom is 0.470 e. The van der Waals surface area contributed by atoms with Crippen LogP contribution in [0.25, 0.3) is 11.2 Å². The molecular formula is C11H16N5O8P. The van der Waals surface area contributed by atoms with Crippen molar-refractivity contribution in [1.82, 2.24) is 19.5 Å². The highest BCUT2D eigenvalue weighted by molar-refractivity contribution is 7.46. The van der Waals surface area contributed by atoms with Gasteiger partial charge in [-0.3, -0.25) is 18.9 Å². The number of fused-ring (bicyclic) bond motifs is 1. The lowest BCUT2D eigenvalue weighted by atomic mass is 10.1. The molecule has 0 saturated carbocycles. The average molecular weight is 377 g/mol. The van der Waals surface area contributed by atoms with E-state index in [4.69, 9.17) is 29.5 Å². The van der Waals surface area contributed by atoms with Crippen LogP contribution < -0.4 is 11.3 Å². The van der Waals surface area contributed by atoms with Crippen molar-refractivity contribution in [3.8, 4) is 0 Å². The number of imidazole rings is 1. The van der Waals surface area contributed by atoms with Crippen LogP contribution in [0, 0.1) is 0 Å². The fraction of sp³-hybridized carbons (Fsp3) is 0.545. The van der Waals surface area contributed by atoms with Crippen LogP contribution in [0.4, 0.5) is 5.95 Å². The molecule has 0 aromatic carbocycles. The molecule has 25 heavy (non-hydrogen) atoms. The summed E-state index contributed by atoms with van der Waals surface area (Å²) in [6, 6.07) is 0. The molecular weight excluding hydrogens is 361 g/mol. The number of aromatic amines is 1. The fourth-order valence-electron chi connectivity index (χ4n) is 2.76. The first kappa shape index (κ1) is 17.9. The van der Waals surface area contributed by atoms with Gasteiger partial charge in [-0.2, -0.15) is 4.98 Å². The van der Waals surface area contributed by atoms with Gasteiger partial charge in [-0.25, -0.2) is 9.55 Å². The van der Waals surface area contributed by atoms with Gasteiger partial charge in [0.15, 0.2) is 17.4 Å². The Bertz CT molecular complexity index is 877. The molecule has 0 unspecified atom stereocenters. The molecule has 138 valence electrons. The number of aliphatic hydroxyl groups excluding tert-OH is 1. The topological polar surface area (TPSA) is 195 Å². The van der Waals surface area contributed by atoms with E-state index < -0.39 is 44.5 Å². The lowest BCUT2D eigenvalue weighted by Crippen LogP contribution is -2.36. The summed E-state index contributed by atoms with van der Waals surface area (Å²) in [5.74, 6) is -0.174. The third-order valence-corrected chi connectivity index (χ3v) is 4.24. The second kappa shape index (κ2) is 6.46. The minimum atomic E-state index is -4.91. The lowest BCUT2D eigenvalue weighted by Gasteiger charge is -2.23. The summed E-state index contributed by atoms with van der Waals surface area (Å²) >= 11 is 0. The fourth-order valence-corrected chi connectivity index (χ4v) is 3.31. The van der Waals surface area contributed by atoms with Gasteiger partial charge in [-0.1, -0.05) is 0 Å². The van der Waals surface area contributed by atoms with Crippen LogP contribution in [0.5, 0.6) is 0 Å². The number of aromatic nitrogens is 4. The summed E-state index contributed by atoms with van der Waals surface area (Å²) in [6.45, 7) is -0.487. The van der Waals surface area contributed by atoms with Gasteiger partial charge in [0, 0.05) is 7.11 Å². The molecule has 13 nitrogen and oxygen atoms in total. The molecule has 14 heteroatoms. The molecule has 0 spiro atoms. The number of ether oxygens (including phenoxy) is 2. The van der Waals surface area contributed by atoms with Crippen molar-refractivity contribution < 1.29 is 33.5 Å². The molecule has 0 aliphatic carbocycles. The van der Waals surface area contributed by atoms with E-state index in [1.807, 2.05) is 0 Å². The highest BCUT2D eigenvalue weighted by Gasteiger charge is 2.49. The predicted octanol–water partition coefficient (Wildman–Crippen LogP) is -1.92. The molecule has 1 saturated heterocycles. The molecule has 2 aromatic heterocycles. The third-order valence-electron chi connectivity index (χ3n) is 3.72. The smallest absolute Gasteiger partial charge is 0.394 e. The minimum absolute atomic E-state index is 0.0269. The molecule has 4 atom stereocenters. The van der Waals surface area contributed by atoms with Crippen molar-refractivity contribution in [2.24, 2.45) is 0 Å². The molecule has 0 bridgehead atoms. The maximum absolute atomic E-state index is 11.9. The van der Waals surface area contributed by atoms with Gasteiger partial charge in [0.05, 0.1) is 12.9 Å². The first-order valence-corrected chi connectivity index (χ1v) is 8.53. The van der Waals surface area contributed by atoms with Gasteiger partial charge in [0.2, 0.25) is 5.95 Å². The molecule has 1 fully saturated rings. The molecule has 1 aliphatic rings. The van der Waals surface area contributed by atoms with Crippen LogP contribution >= 0.6 is 7.82 Å². The zero-order chi connectivity index (χ0) is 18.4. The van der Waals surface area contributed by atoms with E-state index in [0.717, 1.165) is 0 Å². The van der Waals surface area contributed by atoms with E-state index in [1.54, 1.807) is 0 Å². The Morgan fingerprint density at radius 1 is 1.48 bits per heavy atom. The number of nitrogens with one attached hydrogen (secondary N) is 1. The number of hydrogen-bond donors (Lipinski definition) is 5. The first-order chi connectivity index (χ1) is 11.7. The lowest BCUT2D eigenvalue weighted by molar-refractivity contribution is -0.0533. The maximum atomic E-state index is 11.9. The molecule has 3 rings (SSSR count). The normalized spacial score (nSPS) is 27.2. The number of phosphoric ester groups is 1. The largest absolute Gasteiger partial charge is 0.470 e. The summed E-state index contributed by atoms with van der Waals surface area (Å²) in [7, 11) is -3.63. The Labute approximate surface area is 139 Å². The second-order valence-corrected chi connectivity index (χ2v) is 6.48. The minimum Gasteiger partial charge on any atom is -0.394 e. The van der Waals surface area contributed by atoms with Crippen molar-refractivity contribution in [2.75, 3.05) is 19.5 Å². The van der Waals surface area contributed by atoms with Gasteiger partial charge >= 0.3 is 7.82 Å². The number of H-pyrrole nitrogens is 1. The highest BCUT2D eigenvalue weighted by Crippen LogP contribution is 2.45. The molecule has 0 radical (unpaired) electrons. The molecule has 1 aliphatic heterocycles. The van der Waals surface area contributed by atoms with Crippen molar-refractivity contribution in [3.63, 3.8) is 0 Å². The predicted molar refractivity (Wildman–Crippen MR) is 81.3 cm³/mol. The number of phosphoric acid groups is 1. The first-order valence-electron chi connectivity index (χ1n) is 7.00. The number of nitrogen functional groups attached to an aromatic ring is 1. The summed E-state index contributed by atoms with van der Waals surface area (Å²) < 4.78 is 28.1. The van der Waals surface area contributed by atoms with E-state index in [9.17, 15) is 14.5 Å². The Morgan fingerprint density at radius 2 is 2.20 bits per heavy atom. The molecule has 0 amide bonds. The van der Waals surface area contributed by atoms with Crippen molar-refractivity contribution in [3.05, 3.63) is 16.7 Å². The second-order valence-electron chi connectivity index (χ2n) is 5.28. The Balaban J connectivity index is 2.10. The van der Waals surface area contributed by atoms with Crippen LogP contribution in [0.15, 0.2) is 11.1 Å². The van der Waals surface area contributed by atoms with E-state index >= 15 is 0 Å². The number of methoxy groups -OCH3 is 1. The van der Waals surface area contributed by atoms with Gasteiger partial charge in [-0.15, -0.1) is 0 Å². The number of anilines is 1. The van der Waals surface area contributed by atoms with Crippen LogP contribution in [0.2, 0.25) is 0 Å². The van der Waals surface area contributed by atoms with E-state index in [0.29, 0.717) is 0 Å². The van der Waals surface area contributed by atoms with E-state index in [1.165, 1.54) is 18.0 Å². The third kappa shape index (κ3) is 3.30. The monoisotopic (exact) mass is 377 g/mol. The van der Waals surface area contributed by atoms with Crippen molar-refractivity contribution in [1.29, 1.82) is 0 Å². The van der Waals surface area contributed by atoms with E-state index in [-0.39, 0.29) is 17.1 Å². The van der Waals surface area contributed by atoms with Crippen LogP contribution in [0.3, 0.4) is 0 Å². The van der Waals surface area contributed by atoms with Crippen LogP contribution in [0.1, 0.15) is 6.23 Å². The highest BCUT2D eigenvalue weighted by atomic mass is 31.2. The average Bonchev–Trinajstić information content (AvgIpc) is 3.06. The number of aliphatic hydroxyl groups is 1. The SMILES string of the molecule is CO[C@H]1[C@@H](OP(=O)(O)O)[C@H](n2cnc3c(=O)[nH]c(N)nc32)O[C@@H]1CO. The number of hydrogen-bond acceptors (Lipinski definition) is 9. The number of nitrogens with zero attached hydrogens (tertiary/aromatic N) is 3. The van der Waals surface area contributed by atoms with Crippen molar-refractivity contribution >= 4 is 24.9 Å². The Morgan fingerprint density at radius 3 is 2.80 bits per heavy atom. The summed E-state index contributed by atoms with van der Waals surface area (Å²) in [4.78, 5) is 40.3. The quantitative estimate of drug-likeness (QED) is 0.364. The van der Waals surface area contributed by atoms with Gasteiger partial charge in [-0.05, 0) is 0 Å². The van der Waals surface area contributed by atoms with Gasteiger partial charge in [0.1, 0.15) is 18.3 Å². The Kier molecular flexibility index (Phi) is 4.64. The molecule has 3 heterocycles. The van der Waals surface area contributed by atoms with Crippen LogP contribution in [-0.4, -0.2) is 66.4 Å². The number of rotatable bonds is 5. The standard InChI is InChI=1S/C11H16N5O8P/c1-22-6-4(2-17)23-10(7(6)24-25(19,20)21)16-3-13-5-8(16)14-11(12)15-9(5)18/h3-4,6-7,10,17H,2H2,1H3,(H2,19,20,21)(H3,12,14,15,18)/t4-,6-,7-,10-/m1/s1. The zero-order valence-corrected chi connectivity index (χ0v) is 13.7. The molecule has 2 aromatic rings. The van der Waals surface area contributed by atoms with Gasteiger partial charge in [0.25, 0.3) is 5.56 Å². The number of nitrogens with two attached hydrogens (primary N) is 1. The van der Waals surface area contributed by atoms with Crippen LogP contribution in [-0.2, 0) is 18.6 Å². The summed E-state index contributed by atoms with van der Waals surface area (Å²) in [5, 5.41) is 9.43. The zero-order valence-electron chi connectivity index (χ0n) is 12.8. The molecule has 6 N–H and O–H groups in total. The summed E-state index contributed by atoms with van der Waals surface area (Å²) in [6.07, 6.45) is -3.20. The Hall–Kier alpha value is -1.86. The van der Waals surface area contributed by atoms with Crippen molar-refractivity contribution in [2.45, 2.75) is 24.5 Å².